The average molecular weight is 393 g/mol. The van der Waals surface area contributed by atoms with Gasteiger partial charge in [0.2, 0.25) is 5.89 Å². The van der Waals surface area contributed by atoms with E-state index in [9.17, 15) is 9.90 Å². The zero-order valence-electron chi connectivity index (χ0n) is 15.9. The molecule has 9 heteroatoms. The van der Waals surface area contributed by atoms with Crippen LogP contribution in [0.3, 0.4) is 0 Å². The monoisotopic (exact) mass is 393 g/mol. The van der Waals surface area contributed by atoms with Crippen LogP contribution in [-0.2, 0) is 12.0 Å². The molecule has 1 aliphatic rings. The molecule has 148 valence electrons. The molecule has 0 radical (unpaired) electrons. The Hall–Kier alpha value is -3.46. The van der Waals surface area contributed by atoms with Crippen molar-refractivity contribution < 1.29 is 18.7 Å². The van der Waals surface area contributed by atoms with Crippen LogP contribution >= 0.6 is 0 Å². The molecular weight excluding hydrogens is 374 g/mol. The average Bonchev–Trinajstić information content (AvgIpc) is 3.44. The normalized spacial score (nSPS) is 16.9. The molecule has 1 amide bonds. The van der Waals surface area contributed by atoms with Gasteiger partial charge in [-0.25, -0.2) is 4.98 Å². The summed E-state index contributed by atoms with van der Waals surface area (Å²) >= 11 is 0. The summed E-state index contributed by atoms with van der Waals surface area (Å²) in [6.45, 7) is 3.46. The SMILES string of the molecule is CC(C)(O)c1nnc(C(=O)N2CCc3[nH]cnc3[C@@H]2c2cc3ccccc3o2)o1. The molecule has 29 heavy (non-hydrogen) atoms. The van der Waals surface area contributed by atoms with E-state index >= 15 is 0 Å². The third kappa shape index (κ3) is 2.90. The number of aromatic nitrogens is 4. The Morgan fingerprint density at radius 3 is 2.86 bits per heavy atom. The first kappa shape index (κ1) is 17.6. The lowest BCUT2D eigenvalue weighted by atomic mass is 10.00. The Kier molecular flexibility index (Phi) is 3.82. The van der Waals surface area contributed by atoms with E-state index in [1.807, 2.05) is 30.3 Å². The van der Waals surface area contributed by atoms with Crippen molar-refractivity contribution in [3.8, 4) is 0 Å². The third-order valence-corrected chi connectivity index (χ3v) is 5.03. The quantitative estimate of drug-likeness (QED) is 0.548. The third-order valence-electron chi connectivity index (χ3n) is 5.03. The Labute approximate surface area is 165 Å². The van der Waals surface area contributed by atoms with Crippen molar-refractivity contribution in [1.82, 2.24) is 25.1 Å². The standard InChI is InChI=1S/C20H19N5O4/c1-20(2,27)19-24-23-17(29-19)18(26)25-8-7-12-15(22-10-21-12)16(25)14-9-11-5-3-4-6-13(11)28-14/h3-6,9-10,16,27H,7-8H2,1-2H3,(H,21,22)/t16-/m0/s1. The van der Waals surface area contributed by atoms with Crippen molar-refractivity contribution in [3.05, 3.63) is 65.6 Å². The van der Waals surface area contributed by atoms with Gasteiger partial charge < -0.3 is 23.8 Å². The van der Waals surface area contributed by atoms with Gasteiger partial charge in [-0.15, -0.1) is 10.2 Å². The van der Waals surface area contributed by atoms with Gasteiger partial charge in [-0.3, -0.25) is 4.79 Å². The fourth-order valence-corrected chi connectivity index (χ4v) is 3.60. The number of benzene rings is 1. The van der Waals surface area contributed by atoms with Crippen molar-refractivity contribution in [2.24, 2.45) is 0 Å². The highest BCUT2D eigenvalue weighted by Crippen LogP contribution is 2.37. The fourth-order valence-electron chi connectivity index (χ4n) is 3.60. The highest BCUT2D eigenvalue weighted by Gasteiger charge is 2.39. The Morgan fingerprint density at radius 2 is 2.10 bits per heavy atom. The molecule has 4 heterocycles. The number of para-hydroxylation sites is 1. The Bertz CT molecular complexity index is 1170. The van der Waals surface area contributed by atoms with Crippen molar-refractivity contribution in [2.45, 2.75) is 31.9 Å². The molecule has 9 nitrogen and oxygen atoms in total. The first-order chi connectivity index (χ1) is 13.9. The lowest BCUT2D eigenvalue weighted by Crippen LogP contribution is -2.40. The molecule has 1 atom stereocenters. The van der Waals surface area contributed by atoms with Gasteiger partial charge in [-0.05, 0) is 26.0 Å². The number of H-pyrrole nitrogens is 1. The van der Waals surface area contributed by atoms with Crippen LogP contribution in [0.4, 0.5) is 0 Å². The fraction of sp³-hybridized carbons (Fsp3) is 0.300. The van der Waals surface area contributed by atoms with Gasteiger partial charge >= 0.3 is 11.8 Å². The predicted octanol–water partition coefficient (Wildman–Crippen LogP) is 2.55. The lowest BCUT2D eigenvalue weighted by Gasteiger charge is -2.32. The number of aliphatic hydroxyl groups is 1. The molecule has 0 aliphatic carbocycles. The maximum absolute atomic E-state index is 13.2. The minimum atomic E-state index is -1.33. The second-order valence-corrected chi connectivity index (χ2v) is 7.58. The summed E-state index contributed by atoms with van der Waals surface area (Å²) in [6.07, 6.45) is 2.23. The second-order valence-electron chi connectivity index (χ2n) is 7.58. The summed E-state index contributed by atoms with van der Waals surface area (Å²) < 4.78 is 11.5. The molecule has 0 unspecified atom stereocenters. The van der Waals surface area contributed by atoms with E-state index < -0.39 is 17.6 Å². The smallest absolute Gasteiger partial charge is 0.312 e. The number of carbonyl (C=O) groups excluding carboxylic acids is 1. The summed E-state index contributed by atoms with van der Waals surface area (Å²) in [5, 5.41) is 18.7. The summed E-state index contributed by atoms with van der Waals surface area (Å²) in [4.78, 5) is 22.4. The van der Waals surface area contributed by atoms with Crippen LogP contribution in [0.2, 0.25) is 0 Å². The van der Waals surface area contributed by atoms with Crippen LogP contribution in [-0.4, -0.2) is 42.6 Å². The van der Waals surface area contributed by atoms with E-state index in [2.05, 4.69) is 20.2 Å². The van der Waals surface area contributed by atoms with E-state index in [-0.39, 0.29) is 11.8 Å². The van der Waals surface area contributed by atoms with E-state index in [0.29, 0.717) is 18.7 Å². The van der Waals surface area contributed by atoms with Gasteiger partial charge in [0.15, 0.2) is 0 Å². The number of aromatic amines is 1. The Balaban J connectivity index is 1.57. The number of hydrogen-bond donors (Lipinski definition) is 2. The summed E-state index contributed by atoms with van der Waals surface area (Å²) in [6, 6.07) is 9.06. The first-order valence-corrected chi connectivity index (χ1v) is 9.30. The van der Waals surface area contributed by atoms with Gasteiger partial charge in [-0.2, -0.15) is 0 Å². The number of rotatable bonds is 3. The lowest BCUT2D eigenvalue weighted by molar-refractivity contribution is 0.0437. The van der Waals surface area contributed by atoms with E-state index in [1.165, 1.54) is 13.8 Å². The summed E-state index contributed by atoms with van der Waals surface area (Å²) in [5.74, 6) is -0.0252. The summed E-state index contributed by atoms with van der Waals surface area (Å²) in [7, 11) is 0. The highest BCUT2D eigenvalue weighted by atomic mass is 16.4. The number of fused-ring (bicyclic) bond motifs is 2. The van der Waals surface area contributed by atoms with Crippen LogP contribution in [0.25, 0.3) is 11.0 Å². The highest BCUT2D eigenvalue weighted by molar-refractivity contribution is 5.90. The molecule has 1 aromatic carbocycles. The van der Waals surface area contributed by atoms with Crippen molar-refractivity contribution in [2.75, 3.05) is 6.54 Å². The van der Waals surface area contributed by atoms with Gasteiger partial charge in [0.25, 0.3) is 0 Å². The number of amides is 1. The molecule has 0 saturated carbocycles. The number of nitrogens with zero attached hydrogens (tertiary/aromatic N) is 4. The van der Waals surface area contributed by atoms with Crippen molar-refractivity contribution >= 4 is 16.9 Å². The molecule has 4 aromatic rings. The molecule has 0 saturated heterocycles. The van der Waals surface area contributed by atoms with Crippen LogP contribution in [0, 0.1) is 0 Å². The summed E-state index contributed by atoms with van der Waals surface area (Å²) in [5.41, 5.74) is 1.09. The largest absolute Gasteiger partial charge is 0.458 e. The maximum atomic E-state index is 13.2. The number of carbonyl (C=O) groups is 1. The van der Waals surface area contributed by atoms with Crippen molar-refractivity contribution in [3.63, 3.8) is 0 Å². The number of hydrogen-bond acceptors (Lipinski definition) is 7. The van der Waals surface area contributed by atoms with Crippen molar-refractivity contribution in [1.29, 1.82) is 0 Å². The molecule has 2 N–H and O–H groups in total. The zero-order valence-corrected chi connectivity index (χ0v) is 15.9. The number of imidazole rings is 1. The molecule has 3 aromatic heterocycles. The minimum absolute atomic E-state index is 0.0152. The first-order valence-electron chi connectivity index (χ1n) is 9.30. The zero-order chi connectivity index (χ0) is 20.2. The van der Waals surface area contributed by atoms with E-state index in [0.717, 1.165) is 22.4 Å². The molecule has 0 fully saturated rings. The van der Waals surface area contributed by atoms with E-state index in [1.54, 1.807) is 11.2 Å². The van der Waals surface area contributed by atoms with Gasteiger partial charge in [-0.1, -0.05) is 18.2 Å². The van der Waals surface area contributed by atoms with Gasteiger partial charge in [0.05, 0.1) is 12.0 Å². The second kappa shape index (κ2) is 6.28. The molecule has 5 rings (SSSR count). The Morgan fingerprint density at radius 1 is 1.28 bits per heavy atom. The molecule has 1 aliphatic heterocycles. The van der Waals surface area contributed by atoms with Gasteiger partial charge in [0.1, 0.15) is 23.0 Å². The molecular formula is C20H19N5O4. The minimum Gasteiger partial charge on any atom is -0.458 e. The van der Waals surface area contributed by atoms with E-state index in [4.69, 9.17) is 8.83 Å². The maximum Gasteiger partial charge on any atom is 0.312 e. The van der Waals surface area contributed by atoms with Gasteiger partial charge in [0, 0.05) is 24.0 Å². The number of nitrogens with one attached hydrogen (secondary N) is 1. The van der Waals surface area contributed by atoms with Crippen LogP contribution in [0.15, 0.2) is 45.5 Å². The van der Waals surface area contributed by atoms with Crippen LogP contribution in [0.1, 0.15) is 53.6 Å². The topological polar surface area (TPSA) is 121 Å². The van der Waals surface area contributed by atoms with Crippen LogP contribution < -0.4 is 0 Å². The predicted molar refractivity (Wildman–Crippen MR) is 101 cm³/mol. The molecule has 0 spiro atoms. The van der Waals surface area contributed by atoms with Crippen LogP contribution in [0.5, 0.6) is 0 Å². The number of furan rings is 1. The molecule has 0 bridgehead atoms.